The lowest BCUT2D eigenvalue weighted by molar-refractivity contribution is 0.268. The summed E-state index contributed by atoms with van der Waals surface area (Å²) in [5.74, 6) is 2.33. The third kappa shape index (κ3) is 5.89. The molecule has 1 heterocycles. The first-order valence-electron chi connectivity index (χ1n) is 9.05. The molecule has 1 unspecified atom stereocenters. The quantitative estimate of drug-likeness (QED) is 0.739. The van der Waals surface area contributed by atoms with E-state index in [4.69, 9.17) is 9.47 Å². The predicted molar refractivity (Wildman–Crippen MR) is 101 cm³/mol. The fourth-order valence-corrected chi connectivity index (χ4v) is 4.25. The van der Waals surface area contributed by atoms with E-state index in [0.29, 0.717) is 25.5 Å². The highest BCUT2D eigenvalue weighted by atomic mass is 32.2. The Morgan fingerprint density at radius 2 is 2.00 bits per heavy atom. The molecule has 0 saturated carbocycles. The number of hydrogen-bond donors (Lipinski definition) is 0. The van der Waals surface area contributed by atoms with Crippen LogP contribution in [0.1, 0.15) is 39.2 Å². The fraction of sp³-hybridized carbons (Fsp3) is 0.684. The second kappa shape index (κ2) is 8.90. The summed E-state index contributed by atoms with van der Waals surface area (Å²) in [6, 6.07) is 5.97. The molecule has 0 spiro atoms. The Morgan fingerprint density at radius 3 is 2.68 bits per heavy atom. The van der Waals surface area contributed by atoms with Gasteiger partial charge < -0.3 is 9.47 Å². The van der Waals surface area contributed by atoms with Gasteiger partial charge in [-0.2, -0.15) is 0 Å². The first-order chi connectivity index (χ1) is 11.8. The summed E-state index contributed by atoms with van der Waals surface area (Å²) in [5, 5.41) is -0.247. The van der Waals surface area contributed by atoms with Crippen molar-refractivity contribution in [1.82, 2.24) is 4.90 Å². The molecule has 142 valence electrons. The Labute approximate surface area is 152 Å². The highest BCUT2D eigenvalue weighted by molar-refractivity contribution is 7.92. The van der Waals surface area contributed by atoms with Crippen LogP contribution in [0.15, 0.2) is 18.2 Å². The van der Waals surface area contributed by atoms with Crippen molar-refractivity contribution in [2.45, 2.75) is 45.4 Å². The minimum Gasteiger partial charge on any atom is -0.493 e. The van der Waals surface area contributed by atoms with Crippen LogP contribution in [0.2, 0.25) is 0 Å². The smallest absolute Gasteiger partial charge is 0.161 e. The first-order valence-corrected chi connectivity index (χ1v) is 10.8. The number of hydrogen-bond acceptors (Lipinski definition) is 5. The van der Waals surface area contributed by atoms with Gasteiger partial charge in [-0.1, -0.05) is 19.9 Å². The van der Waals surface area contributed by atoms with Gasteiger partial charge >= 0.3 is 0 Å². The highest BCUT2D eigenvalue weighted by Gasteiger charge is 2.26. The van der Waals surface area contributed by atoms with Crippen molar-refractivity contribution >= 4 is 9.84 Å². The number of rotatable bonds is 7. The van der Waals surface area contributed by atoms with E-state index in [1.165, 1.54) is 0 Å². The van der Waals surface area contributed by atoms with Crippen molar-refractivity contribution < 1.29 is 17.9 Å². The molecule has 0 bridgehead atoms. The molecule has 6 heteroatoms. The van der Waals surface area contributed by atoms with Crippen LogP contribution in [0, 0.1) is 5.92 Å². The lowest BCUT2D eigenvalue weighted by Crippen LogP contribution is -2.26. The molecule has 2 rings (SSSR count). The largest absolute Gasteiger partial charge is 0.493 e. The van der Waals surface area contributed by atoms with Gasteiger partial charge in [-0.15, -0.1) is 0 Å². The Morgan fingerprint density at radius 1 is 1.24 bits per heavy atom. The van der Waals surface area contributed by atoms with Crippen LogP contribution in [-0.4, -0.2) is 51.1 Å². The lowest BCUT2D eigenvalue weighted by atomic mass is 10.1. The normalized spacial score (nSPS) is 21.1. The minimum absolute atomic E-state index is 0.238. The topological polar surface area (TPSA) is 55.8 Å². The molecule has 0 aromatic heterocycles. The van der Waals surface area contributed by atoms with Gasteiger partial charge in [0.2, 0.25) is 0 Å². The minimum atomic E-state index is -2.95. The van der Waals surface area contributed by atoms with Crippen molar-refractivity contribution in [2.75, 3.05) is 32.6 Å². The molecule has 1 aromatic rings. The highest BCUT2D eigenvalue weighted by Crippen LogP contribution is 2.29. The van der Waals surface area contributed by atoms with Crippen LogP contribution in [0.4, 0.5) is 0 Å². The first kappa shape index (κ1) is 20.0. The number of benzene rings is 1. The monoisotopic (exact) mass is 369 g/mol. The molecule has 5 nitrogen and oxygen atoms in total. The number of nitrogens with zero attached hydrogens (tertiary/aromatic N) is 1. The molecule has 0 amide bonds. The van der Waals surface area contributed by atoms with Crippen molar-refractivity contribution in [3.63, 3.8) is 0 Å². The predicted octanol–water partition coefficient (Wildman–Crippen LogP) is 3.13. The zero-order valence-electron chi connectivity index (χ0n) is 15.8. The van der Waals surface area contributed by atoms with Gasteiger partial charge in [0, 0.05) is 13.1 Å². The van der Waals surface area contributed by atoms with E-state index in [1.54, 1.807) is 7.11 Å². The Hall–Kier alpha value is -1.27. The molecular weight excluding hydrogens is 338 g/mol. The van der Waals surface area contributed by atoms with Gasteiger partial charge in [0.05, 0.1) is 24.7 Å². The maximum absolute atomic E-state index is 12.0. The van der Waals surface area contributed by atoms with E-state index in [9.17, 15) is 8.42 Å². The van der Waals surface area contributed by atoms with Crippen molar-refractivity contribution in [2.24, 2.45) is 5.92 Å². The van der Waals surface area contributed by atoms with E-state index in [2.05, 4.69) is 18.7 Å². The molecular formula is C19H31NO4S. The summed E-state index contributed by atoms with van der Waals surface area (Å²) >= 11 is 0. The van der Waals surface area contributed by atoms with Crippen LogP contribution < -0.4 is 9.47 Å². The van der Waals surface area contributed by atoms with Crippen molar-refractivity contribution in [3.8, 4) is 11.5 Å². The second-order valence-corrected chi connectivity index (χ2v) is 9.80. The summed E-state index contributed by atoms with van der Waals surface area (Å²) in [7, 11) is -1.30. The molecule has 0 radical (unpaired) electrons. The van der Waals surface area contributed by atoms with Gasteiger partial charge in [0.1, 0.15) is 0 Å². The van der Waals surface area contributed by atoms with Crippen LogP contribution in [-0.2, 0) is 16.4 Å². The summed E-state index contributed by atoms with van der Waals surface area (Å²) in [5.41, 5.74) is 1.12. The second-order valence-electron chi connectivity index (χ2n) is 7.26. The van der Waals surface area contributed by atoms with E-state index < -0.39 is 9.84 Å². The third-order valence-electron chi connectivity index (χ3n) is 4.74. The van der Waals surface area contributed by atoms with Gasteiger partial charge in [-0.3, -0.25) is 4.90 Å². The average molecular weight is 370 g/mol. The van der Waals surface area contributed by atoms with Crippen LogP contribution in [0.3, 0.4) is 0 Å². The zero-order valence-corrected chi connectivity index (χ0v) is 16.6. The summed E-state index contributed by atoms with van der Waals surface area (Å²) in [6.07, 6.45) is 1.69. The van der Waals surface area contributed by atoms with E-state index in [1.807, 2.05) is 25.1 Å². The number of sulfone groups is 1. The maximum atomic E-state index is 12.0. The molecule has 1 aliphatic heterocycles. The summed E-state index contributed by atoms with van der Waals surface area (Å²) < 4.78 is 35.4. The Bertz CT molecular complexity index is 657. The standard InChI is InChI=1S/C19H31NO4S/c1-15(2)8-11-24-19-13-17(5-6-18(19)23-4)14-20-9-7-16(3)25(21,22)12-10-20/h5-6,13,15-16H,7-12,14H2,1-4H3. The summed E-state index contributed by atoms with van der Waals surface area (Å²) in [4.78, 5) is 2.21. The van der Waals surface area contributed by atoms with Crippen LogP contribution >= 0.6 is 0 Å². The molecule has 1 saturated heterocycles. The van der Waals surface area contributed by atoms with Crippen LogP contribution in [0.25, 0.3) is 0 Å². The van der Waals surface area contributed by atoms with Crippen LogP contribution in [0.5, 0.6) is 11.5 Å². The SMILES string of the molecule is COc1ccc(CN2CCC(C)S(=O)(=O)CC2)cc1OCCC(C)C. The van der Waals surface area contributed by atoms with Crippen molar-refractivity contribution in [3.05, 3.63) is 23.8 Å². The molecule has 1 fully saturated rings. The van der Waals surface area contributed by atoms with Gasteiger partial charge in [0.15, 0.2) is 21.3 Å². The lowest BCUT2D eigenvalue weighted by Gasteiger charge is -2.20. The van der Waals surface area contributed by atoms with E-state index in [-0.39, 0.29) is 11.0 Å². The Kier molecular flexibility index (Phi) is 7.14. The molecule has 0 N–H and O–H groups in total. The van der Waals surface area contributed by atoms with Gasteiger partial charge in [0.25, 0.3) is 0 Å². The molecule has 1 atom stereocenters. The Balaban J connectivity index is 2.04. The number of ether oxygens (including phenoxy) is 2. The van der Waals surface area contributed by atoms with E-state index in [0.717, 1.165) is 36.6 Å². The van der Waals surface area contributed by atoms with Gasteiger partial charge in [-0.05, 0) is 49.9 Å². The third-order valence-corrected chi connectivity index (χ3v) is 6.96. The number of methoxy groups -OCH3 is 1. The maximum Gasteiger partial charge on any atom is 0.161 e. The van der Waals surface area contributed by atoms with Crippen molar-refractivity contribution in [1.29, 1.82) is 0 Å². The molecule has 1 aliphatic rings. The fourth-order valence-electron chi connectivity index (χ4n) is 2.87. The average Bonchev–Trinajstić information content (AvgIpc) is 2.68. The molecule has 0 aliphatic carbocycles. The molecule has 25 heavy (non-hydrogen) atoms. The van der Waals surface area contributed by atoms with E-state index >= 15 is 0 Å². The zero-order chi connectivity index (χ0) is 18.4. The summed E-state index contributed by atoms with van der Waals surface area (Å²) in [6.45, 7) is 8.94. The molecule has 1 aromatic carbocycles. The van der Waals surface area contributed by atoms with Gasteiger partial charge in [-0.25, -0.2) is 8.42 Å².